The minimum absolute atomic E-state index is 0.0736. The number of hydrogen-bond donors (Lipinski definition) is 2. The molecule has 2 N–H and O–H groups in total. The third-order valence-electron chi connectivity index (χ3n) is 2.15. The highest BCUT2D eigenvalue weighted by Gasteiger charge is 2.21. The van der Waals surface area contributed by atoms with Crippen molar-refractivity contribution in [2.75, 3.05) is 0 Å². The monoisotopic (exact) mass is 380 g/mol. The van der Waals surface area contributed by atoms with Gasteiger partial charge in [0.05, 0.1) is 14.5 Å². The predicted octanol–water partition coefficient (Wildman–Crippen LogP) is 3.15. The summed E-state index contributed by atoms with van der Waals surface area (Å²) in [6.45, 7) is 1.69. The van der Waals surface area contributed by atoms with E-state index in [4.69, 9.17) is 14.9 Å². The number of hydrogen-bond acceptors (Lipinski definition) is 3. The van der Waals surface area contributed by atoms with Gasteiger partial charge < -0.3 is 14.9 Å². The molecule has 0 aliphatic heterocycles. The molecule has 7 heteroatoms. The number of halogens is 2. The summed E-state index contributed by atoms with van der Waals surface area (Å²) in [4.78, 5) is 21.7. The second kappa shape index (κ2) is 6.19. The number of aromatic carboxylic acids is 1. The molecular weight excluding hydrogens is 372 g/mol. The summed E-state index contributed by atoms with van der Waals surface area (Å²) in [5.74, 6) is -1.87. The number of aliphatic carboxylic acids is 1. The van der Waals surface area contributed by atoms with E-state index in [2.05, 4.69) is 31.9 Å². The van der Waals surface area contributed by atoms with E-state index in [0.29, 0.717) is 15.4 Å². The summed E-state index contributed by atoms with van der Waals surface area (Å²) < 4.78 is 6.10. The SMILES string of the molecule is CCC(Oc1c(Br)cc(C(=O)O)cc1Br)C(=O)O. The highest BCUT2D eigenvalue weighted by Crippen LogP contribution is 2.35. The third-order valence-corrected chi connectivity index (χ3v) is 3.33. The van der Waals surface area contributed by atoms with Gasteiger partial charge in [-0.3, -0.25) is 0 Å². The Hall–Kier alpha value is -1.08. The zero-order valence-corrected chi connectivity index (χ0v) is 12.5. The van der Waals surface area contributed by atoms with Crippen LogP contribution in [0.5, 0.6) is 5.75 Å². The minimum atomic E-state index is -1.08. The van der Waals surface area contributed by atoms with E-state index in [-0.39, 0.29) is 11.3 Å². The van der Waals surface area contributed by atoms with Crippen molar-refractivity contribution in [3.63, 3.8) is 0 Å². The van der Waals surface area contributed by atoms with E-state index in [1.165, 1.54) is 12.1 Å². The number of carboxylic acid groups (broad SMARTS) is 2. The van der Waals surface area contributed by atoms with Crippen LogP contribution in [-0.4, -0.2) is 28.3 Å². The van der Waals surface area contributed by atoms with Gasteiger partial charge in [-0.05, 0) is 50.4 Å². The smallest absolute Gasteiger partial charge is 0.344 e. The Kier molecular flexibility index (Phi) is 5.15. The number of carbonyl (C=O) groups is 2. The van der Waals surface area contributed by atoms with Crippen LogP contribution in [0, 0.1) is 0 Å². The average Bonchev–Trinajstić information content (AvgIpc) is 2.27. The lowest BCUT2D eigenvalue weighted by molar-refractivity contribution is -0.145. The second-order valence-corrected chi connectivity index (χ2v) is 5.14. The van der Waals surface area contributed by atoms with Crippen LogP contribution in [0.15, 0.2) is 21.1 Å². The normalized spacial score (nSPS) is 11.9. The molecule has 0 aliphatic rings. The van der Waals surface area contributed by atoms with Gasteiger partial charge in [-0.25, -0.2) is 9.59 Å². The van der Waals surface area contributed by atoms with Crippen LogP contribution in [0.1, 0.15) is 23.7 Å². The van der Waals surface area contributed by atoms with E-state index < -0.39 is 18.0 Å². The lowest BCUT2D eigenvalue weighted by Crippen LogP contribution is -2.26. The van der Waals surface area contributed by atoms with Gasteiger partial charge in [-0.2, -0.15) is 0 Å². The van der Waals surface area contributed by atoms with Crippen molar-refractivity contribution in [3.05, 3.63) is 26.6 Å². The van der Waals surface area contributed by atoms with Crippen LogP contribution in [0.2, 0.25) is 0 Å². The molecule has 1 aromatic carbocycles. The van der Waals surface area contributed by atoms with Crippen LogP contribution >= 0.6 is 31.9 Å². The van der Waals surface area contributed by atoms with Crippen LogP contribution < -0.4 is 4.74 Å². The van der Waals surface area contributed by atoms with Crippen LogP contribution in [0.3, 0.4) is 0 Å². The number of ether oxygens (including phenoxy) is 1. The average molecular weight is 382 g/mol. The number of carboxylic acids is 2. The molecule has 98 valence electrons. The largest absolute Gasteiger partial charge is 0.479 e. The Morgan fingerprint density at radius 3 is 2.11 bits per heavy atom. The van der Waals surface area contributed by atoms with Gasteiger partial charge in [0.1, 0.15) is 5.75 Å². The fourth-order valence-electron chi connectivity index (χ4n) is 1.25. The van der Waals surface area contributed by atoms with Gasteiger partial charge in [0.25, 0.3) is 0 Å². The summed E-state index contributed by atoms with van der Waals surface area (Å²) in [5, 5.41) is 17.8. The first kappa shape index (κ1) is 15.0. The molecule has 0 saturated carbocycles. The molecule has 0 aliphatic carbocycles. The van der Waals surface area contributed by atoms with Crippen LogP contribution in [0.4, 0.5) is 0 Å². The number of rotatable bonds is 5. The van der Waals surface area contributed by atoms with Crippen LogP contribution in [-0.2, 0) is 4.79 Å². The summed E-state index contributed by atoms with van der Waals surface area (Å²) in [6, 6.07) is 2.72. The summed E-state index contributed by atoms with van der Waals surface area (Å²) >= 11 is 6.32. The van der Waals surface area contributed by atoms with Gasteiger partial charge in [-0.1, -0.05) is 6.92 Å². The maximum atomic E-state index is 10.9. The van der Waals surface area contributed by atoms with Gasteiger partial charge in [0.15, 0.2) is 6.10 Å². The highest BCUT2D eigenvalue weighted by atomic mass is 79.9. The van der Waals surface area contributed by atoms with Crippen LogP contribution in [0.25, 0.3) is 0 Å². The topological polar surface area (TPSA) is 83.8 Å². The third kappa shape index (κ3) is 3.46. The summed E-state index contributed by atoms with van der Waals surface area (Å²) in [6.07, 6.45) is -0.678. The molecule has 5 nitrogen and oxygen atoms in total. The Bertz CT molecular complexity index is 463. The fraction of sp³-hybridized carbons (Fsp3) is 0.273. The van der Waals surface area contributed by atoms with Gasteiger partial charge in [0.2, 0.25) is 0 Å². The molecule has 1 atom stereocenters. The predicted molar refractivity (Wildman–Crippen MR) is 71.1 cm³/mol. The molecule has 18 heavy (non-hydrogen) atoms. The molecule has 0 amide bonds. The second-order valence-electron chi connectivity index (χ2n) is 3.43. The number of benzene rings is 1. The first-order valence-electron chi connectivity index (χ1n) is 4.98. The molecule has 0 spiro atoms. The standard InChI is InChI=1S/C11H10Br2O5/c1-2-8(11(16)17)18-9-6(12)3-5(10(14)15)4-7(9)13/h3-4,8H,2H2,1H3,(H,14,15)(H,16,17). The zero-order chi connectivity index (χ0) is 13.9. The molecule has 0 saturated heterocycles. The van der Waals surface area contributed by atoms with E-state index in [1.807, 2.05) is 0 Å². The van der Waals surface area contributed by atoms with Gasteiger partial charge >= 0.3 is 11.9 Å². The molecule has 1 rings (SSSR count). The van der Waals surface area contributed by atoms with Crippen molar-refractivity contribution < 1.29 is 24.5 Å². The molecule has 0 bridgehead atoms. The van der Waals surface area contributed by atoms with Crippen molar-refractivity contribution in [2.24, 2.45) is 0 Å². The fourth-order valence-corrected chi connectivity index (χ4v) is 2.62. The highest BCUT2D eigenvalue weighted by molar-refractivity contribution is 9.11. The maximum Gasteiger partial charge on any atom is 0.344 e. The maximum absolute atomic E-state index is 10.9. The lowest BCUT2D eigenvalue weighted by Gasteiger charge is -2.16. The lowest BCUT2D eigenvalue weighted by atomic mass is 10.2. The van der Waals surface area contributed by atoms with Crippen molar-refractivity contribution in [3.8, 4) is 5.75 Å². The first-order valence-corrected chi connectivity index (χ1v) is 6.57. The van der Waals surface area contributed by atoms with E-state index in [9.17, 15) is 9.59 Å². The van der Waals surface area contributed by atoms with Crippen molar-refractivity contribution >= 4 is 43.8 Å². The summed E-state index contributed by atoms with van der Waals surface area (Å²) in [7, 11) is 0. The van der Waals surface area contributed by atoms with Crippen molar-refractivity contribution in [1.82, 2.24) is 0 Å². The summed E-state index contributed by atoms with van der Waals surface area (Å²) in [5.41, 5.74) is 0.0736. The molecule has 0 radical (unpaired) electrons. The molecule has 0 heterocycles. The quantitative estimate of drug-likeness (QED) is 0.818. The van der Waals surface area contributed by atoms with E-state index >= 15 is 0 Å². The first-order chi connectivity index (χ1) is 8.36. The molecule has 0 aromatic heterocycles. The molecule has 1 aromatic rings. The Labute approximate surface area is 120 Å². The molecular formula is C11H10Br2O5. The van der Waals surface area contributed by atoms with Crippen molar-refractivity contribution in [2.45, 2.75) is 19.4 Å². The van der Waals surface area contributed by atoms with Crippen molar-refractivity contribution in [1.29, 1.82) is 0 Å². The van der Waals surface area contributed by atoms with E-state index in [0.717, 1.165) is 0 Å². The minimum Gasteiger partial charge on any atom is -0.479 e. The Morgan fingerprint density at radius 1 is 1.28 bits per heavy atom. The zero-order valence-electron chi connectivity index (χ0n) is 9.31. The molecule has 1 unspecified atom stereocenters. The van der Waals surface area contributed by atoms with E-state index in [1.54, 1.807) is 6.92 Å². The van der Waals surface area contributed by atoms with Gasteiger partial charge in [-0.15, -0.1) is 0 Å². The Morgan fingerprint density at radius 2 is 1.78 bits per heavy atom. The Balaban J connectivity index is 3.10. The van der Waals surface area contributed by atoms with Gasteiger partial charge in [0, 0.05) is 0 Å². The molecule has 0 fully saturated rings.